The van der Waals surface area contributed by atoms with E-state index in [1.54, 1.807) is 12.0 Å². The smallest absolute Gasteiger partial charge is 0.409 e. The van der Waals surface area contributed by atoms with Gasteiger partial charge in [-0.15, -0.1) is 0 Å². The summed E-state index contributed by atoms with van der Waals surface area (Å²) in [4.78, 5) is 13.4. The highest BCUT2D eigenvalue weighted by atomic mass is 32.1. The molecule has 0 saturated carbocycles. The Morgan fingerprint density at radius 1 is 1.39 bits per heavy atom. The molecule has 1 aliphatic heterocycles. The zero-order valence-corrected chi connectivity index (χ0v) is 14.3. The van der Waals surface area contributed by atoms with Crippen LogP contribution in [0.3, 0.4) is 0 Å². The number of ether oxygens (including phenoxy) is 2. The summed E-state index contributed by atoms with van der Waals surface area (Å²) < 4.78 is 10.2. The summed E-state index contributed by atoms with van der Waals surface area (Å²) in [5.41, 5.74) is 0.880. The normalized spacial score (nSPS) is 15.0. The number of benzene rings is 1. The Hall–Kier alpha value is -2.02. The maximum absolute atomic E-state index is 11.7. The lowest BCUT2D eigenvalue weighted by atomic mass is 10.1. The summed E-state index contributed by atoms with van der Waals surface area (Å²) in [6.45, 7) is 3.58. The van der Waals surface area contributed by atoms with Crippen molar-refractivity contribution < 1.29 is 14.3 Å². The maximum Gasteiger partial charge on any atom is 0.409 e. The molecule has 0 bridgehead atoms. The summed E-state index contributed by atoms with van der Waals surface area (Å²) in [6, 6.07) is 7.86. The van der Waals surface area contributed by atoms with Crippen LogP contribution in [0, 0.1) is 0 Å². The van der Waals surface area contributed by atoms with Crippen LogP contribution in [0.15, 0.2) is 24.3 Å². The molecule has 0 unspecified atom stereocenters. The van der Waals surface area contributed by atoms with E-state index in [9.17, 15) is 4.79 Å². The molecule has 23 heavy (non-hydrogen) atoms. The summed E-state index contributed by atoms with van der Waals surface area (Å²) in [7, 11) is 1.63. The fourth-order valence-corrected chi connectivity index (χ4v) is 2.76. The van der Waals surface area contributed by atoms with Gasteiger partial charge in [-0.2, -0.15) is 0 Å². The fourth-order valence-electron chi connectivity index (χ4n) is 2.47. The first kappa shape index (κ1) is 17.3. The predicted octanol–water partition coefficient (Wildman–Crippen LogP) is 2.60. The van der Waals surface area contributed by atoms with E-state index in [1.165, 1.54) is 0 Å². The number of carbonyl (C=O) groups is 1. The van der Waals surface area contributed by atoms with Crippen molar-refractivity contribution in [2.75, 3.05) is 32.1 Å². The lowest BCUT2D eigenvalue weighted by Gasteiger charge is -2.32. The standard InChI is InChI=1S/C16H23N3O3S/c1-3-22-16(20)19-9-7-12(8-10-19)17-15(23)18-13-5-4-6-14(11-13)21-2/h4-6,11-12H,3,7-10H2,1-2H3,(H2,17,18,23). The number of carbonyl (C=O) groups excluding carboxylic acids is 1. The second kappa shape index (κ2) is 8.57. The van der Waals surface area contributed by atoms with Crippen LogP contribution in [0.5, 0.6) is 5.75 Å². The van der Waals surface area contributed by atoms with E-state index in [4.69, 9.17) is 21.7 Å². The molecule has 6 nitrogen and oxygen atoms in total. The molecule has 1 aromatic carbocycles. The summed E-state index contributed by atoms with van der Waals surface area (Å²) >= 11 is 5.35. The van der Waals surface area contributed by atoms with Gasteiger partial charge in [0.25, 0.3) is 0 Å². The zero-order valence-electron chi connectivity index (χ0n) is 13.5. The van der Waals surface area contributed by atoms with Crippen molar-refractivity contribution in [3.63, 3.8) is 0 Å². The lowest BCUT2D eigenvalue weighted by molar-refractivity contribution is 0.0964. The number of amides is 1. The van der Waals surface area contributed by atoms with Gasteiger partial charge in [-0.3, -0.25) is 0 Å². The molecule has 1 saturated heterocycles. The number of hydrogen-bond acceptors (Lipinski definition) is 4. The van der Waals surface area contributed by atoms with Crippen molar-refractivity contribution in [2.24, 2.45) is 0 Å². The Morgan fingerprint density at radius 3 is 2.78 bits per heavy atom. The zero-order chi connectivity index (χ0) is 16.7. The van der Waals surface area contributed by atoms with Gasteiger partial charge in [-0.05, 0) is 44.1 Å². The van der Waals surface area contributed by atoms with Crippen LogP contribution in [0.2, 0.25) is 0 Å². The summed E-state index contributed by atoms with van der Waals surface area (Å²) in [6.07, 6.45) is 1.46. The Morgan fingerprint density at radius 2 is 2.13 bits per heavy atom. The fraction of sp³-hybridized carbons (Fsp3) is 0.500. The number of anilines is 1. The van der Waals surface area contributed by atoms with Gasteiger partial charge in [0, 0.05) is 30.9 Å². The average molecular weight is 337 g/mol. The molecule has 7 heteroatoms. The van der Waals surface area contributed by atoms with Gasteiger partial charge in [0.1, 0.15) is 5.75 Å². The highest BCUT2D eigenvalue weighted by Crippen LogP contribution is 2.17. The van der Waals surface area contributed by atoms with Crippen LogP contribution < -0.4 is 15.4 Å². The molecule has 0 aliphatic carbocycles. The third-order valence-electron chi connectivity index (χ3n) is 3.68. The van der Waals surface area contributed by atoms with Crippen LogP contribution in [-0.2, 0) is 4.74 Å². The lowest BCUT2D eigenvalue weighted by Crippen LogP contribution is -2.47. The topological polar surface area (TPSA) is 62.8 Å². The second-order valence-corrected chi connectivity index (χ2v) is 5.70. The van der Waals surface area contributed by atoms with E-state index < -0.39 is 0 Å². The molecular weight excluding hydrogens is 314 g/mol. The second-order valence-electron chi connectivity index (χ2n) is 5.29. The molecule has 126 valence electrons. The maximum atomic E-state index is 11.7. The Labute approximate surface area is 142 Å². The van der Waals surface area contributed by atoms with Gasteiger partial charge in [0.15, 0.2) is 5.11 Å². The highest BCUT2D eigenvalue weighted by molar-refractivity contribution is 7.80. The van der Waals surface area contributed by atoms with Gasteiger partial charge >= 0.3 is 6.09 Å². The number of hydrogen-bond donors (Lipinski definition) is 2. The molecule has 1 aliphatic rings. The van der Waals surface area contributed by atoms with Gasteiger partial charge in [-0.25, -0.2) is 4.79 Å². The molecule has 1 fully saturated rings. The van der Waals surface area contributed by atoms with E-state index >= 15 is 0 Å². The molecule has 1 aromatic rings. The van der Waals surface area contributed by atoms with E-state index in [-0.39, 0.29) is 12.1 Å². The number of nitrogens with one attached hydrogen (secondary N) is 2. The largest absolute Gasteiger partial charge is 0.497 e. The van der Waals surface area contributed by atoms with Crippen molar-refractivity contribution in [3.8, 4) is 5.75 Å². The number of rotatable bonds is 4. The monoisotopic (exact) mass is 337 g/mol. The van der Waals surface area contributed by atoms with Crippen molar-refractivity contribution in [1.82, 2.24) is 10.2 Å². The molecule has 0 spiro atoms. The van der Waals surface area contributed by atoms with Crippen molar-refractivity contribution in [1.29, 1.82) is 0 Å². The first-order valence-electron chi connectivity index (χ1n) is 7.75. The Bertz CT molecular complexity index is 545. The van der Waals surface area contributed by atoms with E-state index in [0.717, 1.165) is 24.3 Å². The molecular formula is C16H23N3O3S. The van der Waals surface area contributed by atoms with Crippen molar-refractivity contribution in [2.45, 2.75) is 25.8 Å². The van der Waals surface area contributed by atoms with Crippen LogP contribution in [0.1, 0.15) is 19.8 Å². The molecule has 0 atom stereocenters. The predicted molar refractivity (Wildman–Crippen MR) is 94.0 cm³/mol. The van der Waals surface area contributed by atoms with Crippen LogP contribution in [0.25, 0.3) is 0 Å². The minimum absolute atomic E-state index is 0.233. The van der Waals surface area contributed by atoms with E-state index in [2.05, 4.69) is 10.6 Å². The number of methoxy groups -OCH3 is 1. The van der Waals surface area contributed by atoms with Gasteiger partial charge in [0.05, 0.1) is 13.7 Å². The number of likely N-dealkylation sites (tertiary alicyclic amines) is 1. The third-order valence-corrected chi connectivity index (χ3v) is 3.90. The van der Waals surface area contributed by atoms with E-state index in [0.29, 0.717) is 24.8 Å². The Balaban J connectivity index is 1.77. The average Bonchev–Trinajstić information content (AvgIpc) is 2.55. The number of piperidine rings is 1. The first-order chi connectivity index (χ1) is 11.1. The van der Waals surface area contributed by atoms with Gasteiger partial charge < -0.3 is 25.0 Å². The van der Waals surface area contributed by atoms with E-state index in [1.807, 2.05) is 31.2 Å². The minimum atomic E-state index is -0.233. The first-order valence-corrected chi connectivity index (χ1v) is 8.16. The van der Waals surface area contributed by atoms with Crippen LogP contribution >= 0.6 is 12.2 Å². The van der Waals surface area contributed by atoms with Crippen LogP contribution in [-0.4, -0.2) is 49.0 Å². The van der Waals surface area contributed by atoms with Crippen LogP contribution in [0.4, 0.5) is 10.5 Å². The quantitative estimate of drug-likeness (QED) is 0.824. The highest BCUT2D eigenvalue weighted by Gasteiger charge is 2.23. The van der Waals surface area contributed by atoms with Gasteiger partial charge in [-0.1, -0.05) is 6.07 Å². The molecule has 2 rings (SSSR count). The van der Waals surface area contributed by atoms with Crippen molar-refractivity contribution in [3.05, 3.63) is 24.3 Å². The third kappa shape index (κ3) is 5.28. The molecule has 0 radical (unpaired) electrons. The Kier molecular flexibility index (Phi) is 6.46. The molecule has 1 amide bonds. The number of nitrogens with zero attached hydrogens (tertiary/aromatic N) is 1. The van der Waals surface area contributed by atoms with Crippen molar-refractivity contribution >= 4 is 29.1 Å². The number of thiocarbonyl (C=S) groups is 1. The van der Waals surface area contributed by atoms with Gasteiger partial charge in [0.2, 0.25) is 0 Å². The minimum Gasteiger partial charge on any atom is -0.497 e. The molecule has 2 N–H and O–H groups in total. The summed E-state index contributed by atoms with van der Waals surface area (Å²) in [5.74, 6) is 0.778. The molecule has 0 aromatic heterocycles. The summed E-state index contributed by atoms with van der Waals surface area (Å²) in [5, 5.41) is 7.03. The molecule has 1 heterocycles. The SMILES string of the molecule is CCOC(=O)N1CCC(NC(=S)Nc2cccc(OC)c2)CC1.